The third-order valence-corrected chi connectivity index (χ3v) is 5.70. The van der Waals surface area contributed by atoms with Gasteiger partial charge in [0.15, 0.2) is 17.5 Å². The number of methoxy groups -OCH3 is 1. The van der Waals surface area contributed by atoms with Crippen molar-refractivity contribution in [2.75, 3.05) is 33.4 Å². The summed E-state index contributed by atoms with van der Waals surface area (Å²) >= 11 is 0. The highest BCUT2D eigenvalue weighted by Crippen LogP contribution is 2.28. The van der Waals surface area contributed by atoms with Crippen LogP contribution in [0.5, 0.6) is 11.5 Å². The predicted molar refractivity (Wildman–Crippen MR) is 118 cm³/mol. The van der Waals surface area contributed by atoms with Gasteiger partial charge in [-0.1, -0.05) is 24.8 Å². The van der Waals surface area contributed by atoms with Gasteiger partial charge in [0.1, 0.15) is 6.61 Å². The molecule has 1 aliphatic carbocycles. The molecular formula is C23H34N4O2. The number of nitrogens with one attached hydrogen (secondary N) is 2. The Balaban J connectivity index is 1.59. The summed E-state index contributed by atoms with van der Waals surface area (Å²) in [5.41, 5.74) is 1.05. The van der Waals surface area contributed by atoms with Crippen LogP contribution < -0.4 is 20.1 Å². The lowest BCUT2D eigenvalue weighted by Gasteiger charge is -2.24. The molecular weight excluding hydrogens is 364 g/mol. The van der Waals surface area contributed by atoms with Crippen LogP contribution in [0.1, 0.15) is 44.6 Å². The van der Waals surface area contributed by atoms with Crippen LogP contribution in [0, 0.1) is 12.3 Å². The normalized spacial score (nSPS) is 20.4. The van der Waals surface area contributed by atoms with E-state index in [1.807, 2.05) is 18.2 Å². The lowest BCUT2D eigenvalue weighted by Crippen LogP contribution is -2.45. The van der Waals surface area contributed by atoms with Gasteiger partial charge in [-0.05, 0) is 43.9 Å². The number of hydrogen-bond donors (Lipinski definition) is 2. The van der Waals surface area contributed by atoms with Crippen LogP contribution in [-0.4, -0.2) is 56.3 Å². The zero-order valence-corrected chi connectivity index (χ0v) is 17.7. The fourth-order valence-corrected chi connectivity index (χ4v) is 4.24. The Morgan fingerprint density at radius 2 is 2.10 bits per heavy atom. The van der Waals surface area contributed by atoms with Crippen LogP contribution in [0.4, 0.5) is 0 Å². The molecule has 2 fully saturated rings. The second-order valence-electron chi connectivity index (χ2n) is 7.74. The van der Waals surface area contributed by atoms with Gasteiger partial charge in [0.2, 0.25) is 0 Å². The van der Waals surface area contributed by atoms with Crippen molar-refractivity contribution in [2.24, 2.45) is 4.99 Å². The number of terminal acetylenes is 1. The van der Waals surface area contributed by atoms with E-state index in [0.717, 1.165) is 30.7 Å². The number of aliphatic imine (C=N–C) groups is 1. The van der Waals surface area contributed by atoms with Crippen molar-refractivity contribution >= 4 is 5.96 Å². The first kappa shape index (κ1) is 21.3. The van der Waals surface area contributed by atoms with Crippen molar-refractivity contribution in [2.45, 2.75) is 57.7 Å². The molecule has 1 aliphatic heterocycles. The highest BCUT2D eigenvalue weighted by Gasteiger charge is 2.30. The summed E-state index contributed by atoms with van der Waals surface area (Å²) in [7, 11) is 1.62. The summed E-state index contributed by atoms with van der Waals surface area (Å²) in [5, 5.41) is 7.00. The Labute approximate surface area is 175 Å². The summed E-state index contributed by atoms with van der Waals surface area (Å²) in [6, 6.07) is 7.10. The summed E-state index contributed by atoms with van der Waals surface area (Å²) < 4.78 is 10.9. The summed E-state index contributed by atoms with van der Waals surface area (Å²) in [6.45, 7) is 6.01. The number of likely N-dealkylation sites (tertiary alicyclic amines) is 1. The van der Waals surface area contributed by atoms with E-state index in [4.69, 9.17) is 20.9 Å². The number of nitrogens with zero attached hydrogens (tertiary/aromatic N) is 2. The molecule has 0 aromatic heterocycles. The van der Waals surface area contributed by atoms with E-state index in [9.17, 15) is 0 Å². The van der Waals surface area contributed by atoms with Crippen LogP contribution >= 0.6 is 0 Å². The van der Waals surface area contributed by atoms with Crippen LogP contribution in [-0.2, 0) is 6.54 Å². The molecule has 6 heteroatoms. The maximum Gasteiger partial charge on any atom is 0.191 e. The molecule has 1 atom stereocenters. The molecule has 1 heterocycles. The fourth-order valence-electron chi connectivity index (χ4n) is 4.24. The fraction of sp³-hybridized carbons (Fsp3) is 0.609. The maximum absolute atomic E-state index is 5.59. The molecule has 1 aromatic carbocycles. The summed E-state index contributed by atoms with van der Waals surface area (Å²) in [4.78, 5) is 7.45. The number of hydrogen-bond acceptors (Lipinski definition) is 4. The van der Waals surface area contributed by atoms with Crippen molar-refractivity contribution in [3.63, 3.8) is 0 Å². The minimum Gasteiger partial charge on any atom is -0.493 e. The third kappa shape index (κ3) is 6.04. The zero-order valence-electron chi connectivity index (χ0n) is 17.7. The van der Waals surface area contributed by atoms with Gasteiger partial charge in [0.25, 0.3) is 0 Å². The van der Waals surface area contributed by atoms with Crippen LogP contribution in [0.2, 0.25) is 0 Å². The highest BCUT2D eigenvalue weighted by atomic mass is 16.5. The largest absolute Gasteiger partial charge is 0.493 e. The van der Waals surface area contributed by atoms with Crippen molar-refractivity contribution in [3.8, 4) is 23.8 Å². The summed E-state index contributed by atoms with van der Waals surface area (Å²) in [6.07, 6.45) is 12.0. The molecule has 1 aromatic rings. The standard InChI is InChI=1S/C23H34N4O2/c1-4-14-29-22-15-18(10-11-21(22)28-3)16-25-23(24-5-2)26-19-12-13-27(17-19)20-8-6-7-9-20/h1,10-11,15,19-20H,5-9,12-14,16-17H2,2-3H3,(H2,24,25,26). The van der Waals surface area contributed by atoms with Crippen LogP contribution in [0.15, 0.2) is 23.2 Å². The van der Waals surface area contributed by atoms with Gasteiger partial charge in [-0.15, -0.1) is 6.42 Å². The molecule has 3 rings (SSSR count). The van der Waals surface area contributed by atoms with E-state index in [-0.39, 0.29) is 6.61 Å². The van der Waals surface area contributed by atoms with Crippen molar-refractivity contribution in [1.82, 2.24) is 15.5 Å². The Hall–Kier alpha value is -2.39. The number of benzene rings is 1. The van der Waals surface area contributed by atoms with Gasteiger partial charge < -0.3 is 20.1 Å². The van der Waals surface area contributed by atoms with Gasteiger partial charge >= 0.3 is 0 Å². The average Bonchev–Trinajstić information content (AvgIpc) is 3.42. The average molecular weight is 399 g/mol. The second-order valence-corrected chi connectivity index (χ2v) is 7.74. The second kappa shape index (κ2) is 11.0. The Morgan fingerprint density at radius 1 is 1.28 bits per heavy atom. The van der Waals surface area contributed by atoms with Gasteiger partial charge in [-0.3, -0.25) is 4.90 Å². The SMILES string of the molecule is C#CCOc1cc(CN=C(NCC)NC2CCN(C3CCCC3)C2)ccc1OC. The highest BCUT2D eigenvalue weighted by molar-refractivity contribution is 5.80. The van der Waals surface area contributed by atoms with Crippen LogP contribution in [0.3, 0.4) is 0 Å². The first-order valence-corrected chi connectivity index (χ1v) is 10.8. The number of ether oxygens (including phenoxy) is 2. The lowest BCUT2D eigenvalue weighted by atomic mass is 10.2. The van der Waals surface area contributed by atoms with Gasteiger partial charge in [-0.25, -0.2) is 4.99 Å². The predicted octanol–water partition coefficient (Wildman–Crippen LogP) is 2.78. The molecule has 0 amide bonds. The van der Waals surface area contributed by atoms with Gasteiger partial charge in [-0.2, -0.15) is 0 Å². The van der Waals surface area contributed by atoms with E-state index in [2.05, 4.69) is 28.4 Å². The molecule has 158 valence electrons. The first-order chi connectivity index (χ1) is 14.2. The number of guanidine groups is 1. The minimum atomic E-state index is 0.215. The van der Waals surface area contributed by atoms with Crippen molar-refractivity contribution < 1.29 is 9.47 Å². The third-order valence-electron chi connectivity index (χ3n) is 5.70. The molecule has 2 N–H and O–H groups in total. The lowest BCUT2D eigenvalue weighted by molar-refractivity contribution is 0.242. The van der Waals surface area contributed by atoms with E-state index in [1.165, 1.54) is 38.6 Å². The van der Waals surface area contributed by atoms with E-state index >= 15 is 0 Å². The monoisotopic (exact) mass is 398 g/mol. The Kier molecular flexibility index (Phi) is 8.06. The maximum atomic E-state index is 5.59. The zero-order chi connectivity index (χ0) is 20.5. The molecule has 1 saturated carbocycles. The van der Waals surface area contributed by atoms with Gasteiger partial charge in [0.05, 0.1) is 13.7 Å². The molecule has 2 aliphatic rings. The molecule has 29 heavy (non-hydrogen) atoms. The molecule has 0 spiro atoms. The number of rotatable bonds is 8. The smallest absolute Gasteiger partial charge is 0.191 e. The minimum absolute atomic E-state index is 0.215. The van der Waals surface area contributed by atoms with E-state index < -0.39 is 0 Å². The van der Waals surface area contributed by atoms with Gasteiger partial charge in [0, 0.05) is 31.7 Å². The molecule has 0 radical (unpaired) electrons. The molecule has 1 unspecified atom stereocenters. The Bertz CT molecular complexity index is 722. The molecule has 1 saturated heterocycles. The first-order valence-electron chi connectivity index (χ1n) is 10.8. The van der Waals surface area contributed by atoms with Crippen molar-refractivity contribution in [3.05, 3.63) is 23.8 Å². The van der Waals surface area contributed by atoms with E-state index in [1.54, 1.807) is 7.11 Å². The molecule has 6 nitrogen and oxygen atoms in total. The van der Waals surface area contributed by atoms with E-state index in [0.29, 0.717) is 24.1 Å². The summed E-state index contributed by atoms with van der Waals surface area (Å²) in [5.74, 6) is 4.69. The quantitative estimate of drug-likeness (QED) is 0.401. The topological polar surface area (TPSA) is 58.1 Å². The van der Waals surface area contributed by atoms with Crippen LogP contribution in [0.25, 0.3) is 0 Å². The molecule has 0 bridgehead atoms. The van der Waals surface area contributed by atoms with Crippen molar-refractivity contribution in [1.29, 1.82) is 0 Å². The Morgan fingerprint density at radius 3 is 2.83 bits per heavy atom.